The van der Waals surface area contributed by atoms with Gasteiger partial charge in [0, 0.05) is 4.88 Å². The van der Waals surface area contributed by atoms with Crippen LogP contribution in [0.2, 0.25) is 0 Å². The predicted molar refractivity (Wildman–Crippen MR) is 89.5 cm³/mol. The molecule has 0 amide bonds. The average molecular weight is 328 g/mol. The van der Waals surface area contributed by atoms with Crippen LogP contribution in [0.25, 0.3) is 10.2 Å². The molecule has 0 saturated carbocycles. The van der Waals surface area contributed by atoms with E-state index in [1.807, 2.05) is 13.8 Å². The van der Waals surface area contributed by atoms with E-state index in [0.29, 0.717) is 23.0 Å². The molecule has 0 aliphatic carbocycles. The van der Waals surface area contributed by atoms with Crippen LogP contribution >= 0.6 is 11.3 Å². The summed E-state index contributed by atoms with van der Waals surface area (Å²) in [6.07, 6.45) is 0. The van der Waals surface area contributed by atoms with E-state index in [4.69, 9.17) is 4.74 Å². The average Bonchev–Trinajstić information content (AvgIpc) is 2.81. The van der Waals surface area contributed by atoms with Gasteiger partial charge in [-0.05, 0) is 50.6 Å². The minimum atomic E-state index is -0.374. The topological polar surface area (TPSA) is 61.3 Å². The fraction of sp³-hybridized carbons (Fsp3) is 0.235. The molecule has 3 aromatic rings. The van der Waals surface area contributed by atoms with Crippen LogP contribution < -0.4 is 4.74 Å². The number of carbonyl (C=O) groups is 1. The molecule has 1 aromatic carbocycles. The van der Waals surface area contributed by atoms with Gasteiger partial charge in [-0.3, -0.25) is 0 Å². The number of aromatic nitrogens is 2. The van der Waals surface area contributed by atoms with Crippen LogP contribution in [-0.2, 0) is 4.74 Å². The van der Waals surface area contributed by atoms with Crippen LogP contribution in [0.15, 0.2) is 24.3 Å². The van der Waals surface area contributed by atoms with Gasteiger partial charge in [-0.25, -0.2) is 9.78 Å². The minimum absolute atomic E-state index is 0.374. The Balaban J connectivity index is 1.99. The molecule has 2 heterocycles. The number of aryl methyl sites for hydroxylation is 3. The van der Waals surface area contributed by atoms with Gasteiger partial charge in [-0.15, -0.1) is 11.3 Å². The normalized spacial score (nSPS) is 10.8. The summed E-state index contributed by atoms with van der Waals surface area (Å²) in [5.74, 6) is 1.45. The number of thiophene rings is 1. The van der Waals surface area contributed by atoms with Crippen LogP contribution in [0.1, 0.15) is 26.6 Å². The van der Waals surface area contributed by atoms with E-state index < -0.39 is 0 Å². The molecular weight excluding hydrogens is 312 g/mol. The summed E-state index contributed by atoms with van der Waals surface area (Å²) in [5.41, 5.74) is 1.61. The maximum Gasteiger partial charge on any atom is 0.337 e. The van der Waals surface area contributed by atoms with Crippen LogP contribution in [0, 0.1) is 20.8 Å². The summed E-state index contributed by atoms with van der Waals surface area (Å²) >= 11 is 1.63. The third-order valence-corrected chi connectivity index (χ3v) is 4.70. The third kappa shape index (κ3) is 2.90. The number of esters is 1. The Kier molecular flexibility index (Phi) is 4.00. The van der Waals surface area contributed by atoms with Gasteiger partial charge in [-0.1, -0.05) is 0 Å². The highest BCUT2D eigenvalue weighted by molar-refractivity contribution is 7.18. The number of fused-ring (bicyclic) bond motifs is 1. The van der Waals surface area contributed by atoms with E-state index in [2.05, 4.69) is 21.6 Å². The lowest BCUT2D eigenvalue weighted by Gasteiger charge is -2.08. The Morgan fingerprint density at radius 2 is 1.78 bits per heavy atom. The first-order chi connectivity index (χ1) is 11.0. The molecule has 0 atom stereocenters. The Labute approximate surface area is 137 Å². The molecule has 0 radical (unpaired) electrons. The van der Waals surface area contributed by atoms with Gasteiger partial charge in [0.15, 0.2) is 0 Å². The fourth-order valence-corrected chi connectivity index (χ4v) is 3.34. The van der Waals surface area contributed by atoms with Crippen molar-refractivity contribution in [3.8, 4) is 11.6 Å². The molecule has 118 valence electrons. The second-order valence-electron chi connectivity index (χ2n) is 5.16. The van der Waals surface area contributed by atoms with Crippen molar-refractivity contribution in [2.24, 2.45) is 0 Å². The summed E-state index contributed by atoms with van der Waals surface area (Å²) in [4.78, 5) is 22.5. The van der Waals surface area contributed by atoms with Crippen LogP contribution in [0.5, 0.6) is 11.6 Å². The van der Waals surface area contributed by atoms with Gasteiger partial charge >= 0.3 is 5.97 Å². The lowest BCUT2D eigenvalue weighted by Crippen LogP contribution is -2.00. The van der Waals surface area contributed by atoms with E-state index in [-0.39, 0.29) is 5.97 Å². The molecule has 6 heteroatoms. The number of methoxy groups -OCH3 is 1. The highest BCUT2D eigenvalue weighted by atomic mass is 32.1. The molecule has 0 spiro atoms. The molecule has 0 unspecified atom stereocenters. The largest absolute Gasteiger partial charge is 0.465 e. The standard InChI is InChI=1S/C17H16N2O3S/c1-9-10(2)23-16-14(9)15(18-11(3)19-16)22-13-7-5-12(6-8-13)17(20)21-4/h5-8H,1-4H3. The monoisotopic (exact) mass is 328 g/mol. The van der Waals surface area contributed by atoms with Gasteiger partial charge in [0.05, 0.1) is 18.1 Å². The molecule has 0 saturated heterocycles. The summed E-state index contributed by atoms with van der Waals surface area (Å²) in [6, 6.07) is 6.78. The number of carbonyl (C=O) groups excluding carboxylic acids is 1. The van der Waals surface area contributed by atoms with Crippen molar-refractivity contribution in [1.82, 2.24) is 9.97 Å². The highest BCUT2D eigenvalue weighted by Crippen LogP contribution is 2.36. The zero-order chi connectivity index (χ0) is 16.6. The first-order valence-corrected chi connectivity index (χ1v) is 7.92. The van der Waals surface area contributed by atoms with Gasteiger partial charge in [0.2, 0.25) is 5.88 Å². The molecule has 0 bridgehead atoms. The van der Waals surface area contributed by atoms with Gasteiger partial charge < -0.3 is 9.47 Å². The van der Waals surface area contributed by atoms with Crippen LogP contribution in [0.4, 0.5) is 0 Å². The van der Waals surface area contributed by atoms with Crippen molar-refractivity contribution < 1.29 is 14.3 Å². The van der Waals surface area contributed by atoms with Crippen LogP contribution in [0.3, 0.4) is 0 Å². The van der Waals surface area contributed by atoms with E-state index in [9.17, 15) is 4.79 Å². The van der Waals surface area contributed by atoms with Crippen molar-refractivity contribution >= 4 is 27.5 Å². The Morgan fingerprint density at radius 3 is 2.43 bits per heavy atom. The number of benzene rings is 1. The molecule has 0 aliphatic rings. The number of rotatable bonds is 3. The van der Waals surface area contributed by atoms with Crippen molar-refractivity contribution in [2.75, 3.05) is 7.11 Å². The fourth-order valence-electron chi connectivity index (χ4n) is 2.28. The Morgan fingerprint density at radius 1 is 1.09 bits per heavy atom. The maximum absolute atomic E-state index is 11.5. The zero-order valence-electron chi connectivity index (χ0n) is 13.3. The Bertz CT molecular complexity index is 885. The van der Waals surface area contributed by atoms with E-state index in [1.165, 1.54) is 12.0 Å². The summed E-state index contributed by atoms with van der Waals surface area (Å²) < 4.78 is 10.6. The van der Waals surface area contributed by atoms with Crippen LogP contribution in [-0.4, -0.2) is 23.0 Å². The van der Waals surface area contributed by atoms with Gasteiger partial charge in [0.1, 0.15) is 16.4 Å². The summed E-state index contributed by atoms with van der Waals surface area (Å²) in [5, 5.41) is 0.940. The molecule has 5 nitrogen and oxygen atoms in total. The molecule has 0 aliphatic heterocycles. The second kappa shape index (κ2) is 5.96. The molecule has 2 aromatic heterocycles. The van der Waals surface area contributed by atoms with Crippen molar-refractivity contribution in [2.45, 2.75) is 20.8 Å². The molecule has 0 fully saturated rings. The number of nitrogens with zero attached hydrogens (tertiary/aromatic N) is 2. The first-order valence-electron chi connectivity index (χ1n) is 7.10. The lowest BCUT2D eigenvalue weighted by molar-refractivity contribution is 0.0600. The molecular formula is C17H16N2O3S. The maximum atomic E-state index is 11.5. The minimum Gasteiger partial charge on any atom is -0.465 e. The zero-order valence-corrected chi connectivity index (χ0v) is 14.2. The van der Waals surface area contributed by atoms with Gasteiger partial charge in [0.25, 0.3) is 0 Å². The second-order valence-corrected chi connectivity index (χ2v) is 6.36. The molecule has 0 N–H and O–H groups in total. The van der Waals surface area contributed by atoms with E-state index in [1.54, 1.807) is 35.6 Å². The SMILES string of the molecule is COC(=O)c1ccc(Oc2nc(C)nc3sc(C)c(C)c23)cc1. The summed E-state index contributed by atoms with van der Waals surface area (Å²) in [7, 11) is 1.36. The third-order valence-electron chi connectivity index (χ3n) is 3.60. The highest BCUT2D eigenvalue weighted by Gasteiger charge is 2.15. The smallest absolute Gasteiger partial charge is 0.337 e. The summed E-state index contributed by atoms with van der Waals surface area (Å²) in [6.45, 7) is 5.95. The first kappa shape index (κ1) is 15.4. The van der Waals surface area contributed by atoms with Crippen molar-refractivity contribution in [1.29, 1.82) is 0 Å². The number of hydrogen-bond acceptors (Lipinski definition) is 6. The predicted octanol–water partition coefficient (Wildman–Crippen LogP) is 4.20. The van der Waals surface area contributed by atoms with Gasteiger partial charge in [-0.2, -0.15) is 4.98 Å². The number of hydrogen-bond donors (Lipinski definition) is 0. The Hall–Kier alpha value is -2.47. The van der Waals surface area contributed by atoms with Crippen molar-refractivity contribution in [3.05, 3.63) is 46.1 Å². The van der Waals surface area contributed by atoms with Crippen molar-refractivity contribution in [3.63, 3.8) is 0 Å². The molecule has 23 heavy (non-hydrogen) atoms. The van der Waals surface area contributed by atoms with E-state index in [0.717, 1.165) is 15.8 Å². The quantitative estimate of drug-likeness (QED) is 0.674. The number of ether oxygens (including phenoxy) is 2. The van der Waals surface area contributed by atoms with E-state index >= 15 is 0 Å². The lowest BCUT2D eigenvalue weighted by atomic mass is 10.2. The molecule has 3 rings (SSSR count).